The highest BCUT2D eigenvalue weighted by Gasteiger charge is 2.14. The third-order valence-corrected chi connectivity index (χ3v) is 6.71. The summed E-state index contributed by atoms with van der Waals surface area (Å²) in [5.74, 6) is 1.23. The molecule has 0 fully saturated rings. The lowest BCUT2D eigenvalue weighted by molar-refractivity contribution is 0.0536. The Morgan fingerprint density at radius 1 is 0.512 bits per heavy atom. The normalized spacial score (nSPS) is 12.6. The number of nitrogens with zero attached hydrogens (tertiary/aromatic N) is 1. The molecule has 7 nitrogen and oxygen atoms in total. The molecule has 0 aliphatic carbocycles. The van der Waals surface area contributed by atoms with Crippen molar-refractivity contribution in [1.29, 1.82) is 0 Å². The number of rotatable bonds is 12. The summed E-state index contributed by atoms with van der Waals surface area (Å²) in [6.45, 7) is -0.639. The van der Waals surface area contributed by atoms with Crippen molar-refractivity contribution in [2.75, 3.05) is 31.3 Å². The maximum absolute atomic E-state index is 9.61. The Labute approximate surface area is 239 Å². The minimum atomic E-state index is -0.926. The second-order valence-corrected chi connectivity index (χ2v) is 9.73. The largest absolute Gasteiger partial charge is 0.491 e. The van der Waals surface area contributed by atoms with Crippen molar-refractivity contribution in [3.63, 3.8) is 0 Å². The van der Waals surface area contributed by atoms with E-state index in [2.05, 4.69) is 59.5 Å². The number of benzene rings is 5. The summed E-state index contributed by atoms with van der Waals surface area (Å²) in [6, 6.07) is 38.2. The lowest BCUT2D eigenvalue weighted by Crippen LogP contribution is -2.21. The van der Waals surface area contributed by atoms with Crippen molar-refractivity contribution in [2.24, 2.45) is 0 Å². The Morgan fingerprint density at radius 2 is 0.951 bits per heavy atom. The van der Waals surface area contributed by atoms with Crippen LogP contribution in [0.4, 0.5) is 17.1 Å². The minimum absolute atomic E-state index is 0.0173. The highest BCUT2D eigenvalue weighted by molar-refractivity contribution is 5.89. The van der Waals surface area contributed by atoms with Crippen LogP contribution in [-0.4, -0.2) is 59.1 Å². The number of aliphatic hydroxyl groups is 4. The molecule has 0 bridgehead atoms. The average molecular weight is 552 g/mol. The molecule has 41 heavy (non-hydrogen) atoms. The molecule has 0 radical (unpaired) electrons. The van der Waals surface area contributed by atoms with Crippen molar-refractivity contribution in [1.82, 2.24) is 0 Å². The van der Waals surface area contributed by atoms with Crippen LogP contribution < -0.4 is 14.4 Å². The lowest BCUT2D eigenvalue weighted by Gasteiger charge is -2.26. The number of aliphatic hydroxyl groups excluding tert-OH is 4. The Morgan fingerprint density at radius 3 is 1.49 bits per heavy atom. The molecular formula is C34H33NO6. The van der Waals surface area contributed by atoms with Gasteiger partial charge in [-0.25, -0.2) is 0 Å². The van der Waals surface area contributed by atoms with Gasteiger partial charge in [-0.15, -0.1) is 0 Å². The van der Waals surface area contributed by atoms with Crippen LogP contribution in [0.5, 0.6) is 11.5 Å². The van der Waals surface area contributed by atoms with Crippen LogP contribution in [0.3, 0.4) is 0 Å². The number of hydrogen-bond donors (Lipinski definition) is 4. The van der Waals surface area contributed by atoms with Gasteiger partial charge < -0.3 is 34.8 Å². The molecular weight excluding hydrogens is 518 g/mol. The predicted octanol–water partition coefficient (Wildman–Crippen LogP) is 5.44. The van der Waals surface area contributed by atoms with Crippen LogP contribution in [0.2, 0.25) is 0 Å². The Hall–Kier alpha value is -4.40. The molecule has 0 spiro atoms. The third-order valence-electron chi connectivity index (χ3n) is 6.71. The molecule has 0 aliphatic rings. The van der Waals surface area contributed by atoms with E-state index >= 15 is 0 Å². The summed E-state index contributed by atoms with van der Waals surface area (Å²) in [5, 5.41) is 39.4. The van der Waals surface area contributed by atoms with Gasteiger partial charge in [-0.05, 0) is 82.6 Å². The number of fused-ring (bicyclic) bond motifs is 1. The molecule has 0 aliphatic heterocycles. The summed E-state index contributed by atoms with van der Waals surface area (Å²) in [7, 11) is 0. The highest BCUT2D eigenvalue weighted by Crippen LogP contribution is 2.37. The van der Waals surface area contributed by atoms with Gasteiger partial charge in [0, 0.05) is 17.1 Å². The number of ether oxygens (including phenoxy) is 2. The quantitative estimate of drug-likeness (QED) is 0.164. The van der Waals surface area contributed by atoms with Gasteiger partial charge in [-0.1, -0.05) is 54.6 Å². The zero-order chi connectivity index (χ0) is 28.6. The van der Waals surface area contributed by atoms with Crippen LogP contribution in [-0.2, 0) is 0 Å². The Bertz CT molecular complexity index is 1540. The van der Waals surface area contributed by atoms with E-state index in [-0.39, 0.29) is 26.4 Å². The van der Waals surface area contributed by atoms with Crippen LogP contribution in [0, 0.1) is 0 Å². The molecule has 5 rings (SSSR count). The van der Waals surface area contributed by atoms with Crippen molar-refractivity contribution in [3.8, 4) is 22.6 Å². The van der Waals surface area contributed by atoms with Crippen LogP contribution in [0.15, 0.2) is 115 Å². The predicted molar refractivity (Wildman–Crippen MR) is 161 cm³/mol. The first kappa shape index (κ1) is 28.1. The molecule has 4 N–H and O–H groups in total. The smallest absolute Gasteiger partial charge is 0.119 e. The average Bonchev–Trinajstić information content (AvgIpc) is 3.03. The van der Waals surface area contributed by atoms with Gasteiger partial charge in [-0.3, -0.25) is 0 Å². The summed E-state index contributed by atoms with van der Waals surface area (Å²) in [5.41, 5.74) is 4.99. The first-order valence-electron chi connectivity index (χ1n) is 13.5. The first-order chi connectivity index (χ1) is 20.0. The second-order valence-electron chi connectivity index (χ2n) is 9.73. The van der Waals surface area contributed by atoms with Gasteiger partial charge in [-0.2, -0.15) is 0 Å². The van der Waals surface area contributed by atoms with Gasteiger partial charge >= 0.3 is 0 Å². The number of anilines is 3. The molecule has 0 heterocycles. The summed E-state index contributed by atoms with van der Waals surface area (Å²) < 4.78 is 11.1. The molecule has 0 saturated heterocycles. The van der Waals surface area contributed by atoms with Crippen molar-refractivity contribution < 1.29 is 29.9 Å². The van der Waals surface area contributed by atoms with Gasteiger partial charge in [0.1, 0.15) is 36.9 Å². The number of hydrogen-bond acceptors (Lipinski definition) is 7. The van der Waals surface area contributed by atoms with Gasteiger partial charge in [0.2, 0.25) is 0 Å². The first-order valence-corrected chi connectivity index (χ1v) is 13.5. The molecule has 2 atom stereocenters. The fourth-order valence-corrected chi connectivity index (χ4v) is 4.49. The monoisotopic (exact) mass is 551 g/mol. The van der Waals surface area contributed by atoms with E-state index in [0.717, 1.165) is 39.0 Å². The van der Waals surface area contributed by atoms with E-state index in [9.17, 15) is 10.2 Å². The van der Waals surface area contributed by atoms with Crippen LogP contribution >= 0.6 is 0 Å². The standard InChI is InChI=1S/C34H33NO6/c36-20-31(38)22-40-33-15-8-26(9-16-33)25-5-10-28(11-6-25)35(30-12-7-24-3-1-2-4-27(24)19-30)29-13-17-34(18-14-29)41-23-32(39)21-37/h1-19,31-32,36-39H,20-23H2. The SMILES string of the molecule is OCC(O)COc1ccc(-c2ccc(N(c3ccc(OCC(O)CO)cc3)c3ccc4ccccc4c3)cc2)cc1. The fraction of sp³-hybridized carbons (Fsp3) is 0.176. The van der Waals surface area contributed by atoms with Gasteiger partial charge in [0.25, 0.3) is 0 Å². The summed E-state index contributed by atoms with van der Waals surface area (Å²) in [4.78, 5) is 2.17. The maximum atomic E-state index is 9.61. The molecule has 0 amide bonds. The topological polar surface area (TPSA) is 103 Å². The van der Waals surface area contributed by atoms with E-state index in [1.54, 1.807) is 0 Å². The molecule has 210 valence electrons. The molecule has 0 aromatic heterocycles. The highest BCUT2D eigenvalue weighted by atomic mass is 16.5. The summed E-state index contributed by atoms with van der Waals surface area (Å²) >= 11 is 0. The summed E-state index contributed by atoms with van der Waals surface area (Å²) in [6.07, 6.45) is -1.83. The minimum Gasteiger partial charge on any atom is -0.491 e. The van der Waals surface area contributed by atoms with E-state index in [1.807, 2.05) is 60.7 Å². The van der Waals surface area contributed by atoms with Crippen LogP contribution in [0.1, 0.15) is 0 Å². The maximum Gasteiger partial charge on any atom is 0.119 e. The van der Waals surface area contributed by atoms with E-state index < -0.39 is 12.2 Å². The zero-order valence-corrected chi connectivity index (χ0v) is 22.5. The molecule has 5 aromatic rings. The van der Waals surface area contributed by atoms with E-state index in [4.69, 9.17) is 19.7 Å². The Kier molecular flexibility index (Phi) is 9.13. The van der Waals surface area contributed by atoms with Crippen molar-refractivity contribution in [3.05, 3.63) is 115 Å². The third kappa shape index (κ3) is 7.03. The molecule has 7 heteroatoms. The van der Waals surface area contributed by atoms with Crippen LogP contribution in [0.25, 0.3) is 21.9 Å². The second kappa shape index (κ2) is 13.3. The molecule has 0 saturated carbocycles. The zero-order valence-electron chi connectivity index (χ0n) is 22.5. The van der Waals surface area contributed by atoms with Crippen molar-refractivity contribution in [2.45, 2.75) is 12.2 Å². The Balaban J connectivity index is 1.42. The van der Waals surface area contributed by atoms with E-state index in [0.29, 0.717) is 11.5 Å². The van der Waals surface area contributed by atoms with Gasteiger partial charge in [0.15, 0.2) is 0 Å². The van der Waals surface area contributed by atoms with Crippen molar-refractivity contribution >= 4 is 27.8 Å². The lowest BCUT2D eigenvalue weighted by atomic mass is 10.0. The van der Waals surface area contributed by atoms with Gasteiger partial charge in [0.05, 0.1) is 13.2 Å². The van der Waals surface area contributed by atoms with E-state index in [1.165, 1.54) is 0 Å². The fourth-order valence-electron chi connectivity index (χ4n) is 4.49. The molecule has 5 aromatic carbocycles. The molecule has 2 unspecified atom stereocenters.